The van der Waals surface area contributed by atoms with E-state index < -0.39 is 0 Å². The van der Waals surface area contributed by atoms with Gasteiger partial charge in [-0.2, -0.15) is 0 Å². The van der Waals surface area contributed by atoms with Crippen LogP contribution < -0.4 is 10.1 Å². The van der Waals surface area contributed by atoms with Crippen LogP contribution in [0, 0.1) is 5.82 Å². The molecule has 0 heterocycles. The van der Waals surface area contributed by atoms with Crippen molar-refractivity contribution < 1.29 is 14.2 Å². The summed E-state index contributed by atoms with van der Waals surface area (Å²) in [6.07, 6.45) is 0.605. The van der Waals surface area contributed by atoms with Crippen LogP contribution >= 0.6 is 0 Å². The van der Waals surface area contributed by atoms with Crippen molar-refractivity contribution >= 4 is 0 Å². The number of hydrogen-bond acceptors (Lipinski definition) is 3. The maximum absolute atomic E-state index is 13.2. The summed E-state index contributed by atoms with van der Waals surface area (Å²) < 4.78 is 18.5. The smallest absolute Gasteiger partial charge is 0.165 e. The molecule has 0 saturated carbocycles. The van der Waals surface area contributed by atoms with E-state index >= 15 is 0 Å². The van der Waals surface area contributed by atoms with Crippen LogP contribution in [-0.4, -0.2) is 30.9 Å². The van der Waals surface area contributed by atoms with E-state index in [2.05, 4.69) is 5.32 Å². The van der Waals surface area contributed by atoms with E-state index in [1.54, 1.807) is 25.2 Å². The third-order valence-corrected chi connectivity index (χ3v) is 2.70. The highest BCUT2D eigenvalue weighted by Crippen LogP contribution is 2.17. The zero-order chi connectivity index (χ0) is 12.0. The second-order valence-corrected chi connectivity index (χ2v) is 4.00. The Morgan fingerprint density at radius 2 is 2.12 bits per heavy atom. The molecule has 4 heteroatoms. The SMILES string of the molecule is CNC(C)(CO)CCOc1ccccc1F. The fourth-order valence-electron chi connectivity index (χ4n) is 1.23. The lowest BCUT2D eigenvalue weighted by Gasteiger charge is -2.26. The third-order valence-electron chi connectivity index (χ3n) is 2.70. The van der Waals surface area contributed by atoms with Gasteiger partial charge in [-0.3, -0.25) is 0 Å². The van der Waals surface area contributed by atoms with E-state index in [1.807, 2.05) is 6.92 Å². The molecule has 3 nitrogen and oxygen atoms in total. The Morgan fingerprint density at radius 1 is 1.44 bits per heavy atom. The molecule has 90 valence electrons. The first-order valence-corrected chi connectivity index (χ1v) is 5.28. The van der Waals surface area contributed by atoms with Crippen molar-refractivity contribution in [2.45, 2.75) is 18.9 Å². The van der Waals surface area contributed by atoms with E-state index in [9.17, 15) is 4.39 Å². The summed E-state index contributed by atoms with van der Waals surface area (Å²) in [4.78, 5) is 0. The van der Waals surface area contributed by atoms with Gasteiger partial charge < -0.3 is 15.2 Å². The molecule has 0 aliphatic rings. The van der Waals surface area contributed by atoms with Crippen molar-refractivity contribution in [2.75, 3.05) is 20.3 Å². The number of benzene rings is 1. The van der Waals surface area contributed by atoms with E-state index in [-0.39, 0.29) is 23.7 Å². The Labute approximate surface area is 95.2 Å². The molecule has 1 atom stereocenters. The lowest BCUT2D eigenvalue weighted by Crippen LogP contribution is -2.44. The first kappa shape index (κ1) is 12.9. The van der Waals surface area contributed by atoms with Crippen molar-refractivity contribution in [1.29, 1.82) is 0 Å². The largest absolute Gasteiger partial charge is 0.490 e. The number of halogens is 1. The Balaban J connectivity index is 2.44. The predicted octanol–water partition coefficient (Wildman–Crippen LogP) is 1.56. The lowest BCUT2D eigenvalue weighted by molar-refractivity contribution is 0.149. The molecule has 0 aliphatic carbocycles. The summed E-state index contributed by atoms with van der Waals surface area (Å²) in [6, 6.07) is 6.29. The van der Waals surface area contributed by atoms with Gasteiger partial charge in [0.1, 0.15) is 0 Å². The normalized spacial score (nSPS) is 14.5. The van der Waals surface area contributed by atoms with Gasteiger partial charge in [0.05, 0.1) is 13.2 Å². The molecule has 0 bridgehead atoms. The number of ether oxygens (including phenoxy) is 1. The van der Waals surface area contributed by atoms with Crippen LogP contribution in [0.2, 0.25) is 0 Å². The summed E-state index contributed by atoms with van der Waals surface area (Å²) in [7, 11) is 1.78. The second kappa shape index (κ2) is 5.82. The zero-order valence-corrected chi connectivity index (χ0v) is 9.66. The van der Waals surface area contributed by atoms with Crippen molar-refractivity contribution in [3.8, 4) is 5.75 Å². The molecule has 1 aromatic rings. The molecule has 0 fully saturated rings. The molecule has 0 saturated heterocycles. The maximum atomic E-state index is 13.2. The molecular weight excluding hydrogens is 209 g/mol. The molecular formula is C12H18FNO2. The van der Waals surface area contributed by atoms with Crippen LogP contribution in [0.1, 0.15) is 13.3 Å². The van der Waals surface area contributed by atoms with Crippen LogP contribution in [0.4, 0.5) is 4.39 Å². The number of para-hydroxylation sites is 1. The molecule has 16 heavy (non-hydrogen) atoms. The zero-order valence-electron chi connectivity index (χ0n) is 9.66. The Hall–Kier alpha value is -1.13. The monoisotopic (exact) mass is 227 g/mol. The molecule has 1 unspecified atom stereocenters. The molecule has 0 aliphatic heterocycles. The molecule has 0 spiro atoms. The minimum atomic E-state index is -0.384. The molecule has 0 radical (unpaired) electrons. The minimum absolute atomic E-state index is 0.0180. The topological polar surface area (TPSA) is 41.5 Å². The minimum Gasteiger partial charge on any atom is -0.490 e. The van der Waals surface area contributed by atoms with Crippen molar-refractivity contribution in [2.24, 2.45) is 0 Å². The molecule has 1 rings (SSSR count). The molecule has 0 aromatic heterocycles. The summed E-state index contributed by atoms with van der Waals surface area (Å²) in [5.41, 5.74) is -0.384. The second-order valence-electron chi connectivity index (χ2n) is 4.00. The summed E-state index contributed by atoms with van der Waals surface area (Å²) in [5.74, 6) is -0.114. The summed E-state index contributed by atoms with van der Waals surface area (Å²) in [6.45, 7) is 2.26. The number of rotatable bonds is 6. The van der Waals surface area contributed by atoms with E-state index in [0.29, 0.717) is 13.0 Å². The number of aliphatic hydroxyl groups excluding tert-OH is 1. The molecule has 2 N–H and O–H groups in total. The molecule has 1 aromatic carbocycles. The first-order valence-electron chi connectivity index (χ1n) is 5.28. The average Bonchev–Trinajstić information content (AvgIpc) is 2.31. The van der Waals surface area contributed by atoms with Crippen LogP contribution in [0.15, 0.2) is 24.3 Å². The number of likely N-dealkylation sites (N-methyl/N-ethyl adjacent to an activating group) is 1. The lowest BCUT2D eigenvalue weighted by atomic mass is 10.0. The van der Waals surface area contributed by atoms with Gasteiger partial charge >= 0.3 is 0 Å². The van der Waals surface area contributed by atoms with Crippen molar-refractivity contribution in [3.05, 3.63) is 30.1 Å². The summed E-state index contributed by atoms with van der Waals surface area (Å²) in [5, 5.41) is 12.2. The number of nitrogens with one attached hydrogen (secondary N) is 1. The van der Waals surface area contributed by atoms with Crippen LogP contribution in [0.3, 0.4) is 0 Å². The van der Waals surface area contributed by atoms with Gasteiger partial charge in [-0.15, -0.1) is 0 Å². The van der Waals surface area contributed by atoms with Crippen LogP contribution in [-0.2, 0) is 0 Å². The fourth-order valence-corrected chi connectivity index (χ4v) is 1.23. The van der Waals surface area contributed by atoms with E-state index in [0.717, 1.165) is 0 Å². The van der Waals surface area contributed by atoms with Gasteiger partial charge in [-0.05, 0) is 26.1 Å². The highest BCUT2D eigenvalue weighted by Gasteiger charge is 2.20. The van der Waals surface area contributed by atoms with Gasteiger partial charge in [0.25, 0.3) is 0 Å². The highest BCUT2D eigenvalue weighted by atomic mass is 19.1. The van der Waals surface area contributed by atoms with Gasteiger partial charge in [0, 0.05) is 12.0 Å². The number of hydrogen-bond donors (Lipinski definition) is 2. The molecule has 0 amide bonds. The Morgan fingerprint density at radius 3 is 2.69 bits per heavy atom. The van der Waals surface area contributed by atoms with E-state index in [4.69, 9.17) is 9.84 Å². The van der Waals surface area contributed by atoms with Gasteiger partial charge in [-0.1, -0.05) is 12.1 Å². The van der Waals surface area contributed by atoms with Crippen LogP contribution in [0.5, 0.6) is 5.75 Å². The van der Waals surface area contributed by atoms with E-state index in [1.165, 1.54) is 6.07 Å². The van der Waals surface area contributed by atoms with Crippen molar-refractivity contribution in [3.63, 3.8) is 0 Å². The fraction of sp³-hybridized carbons (Fsp3) is 0.500. The quantitative estimate of drug-likeness (QED) is 0.775. The highest BCUT2D eigenvalue weighted by molar-refractivity contribution is 5.23. The standard InChI is InChI=1S/C12H18FNO2/c1-12(9-15,14-2)7-8-16-11-6-4-3-5-10(11)13/h3-6,14-15H,7-9H2,1-2H3. The van der Waals surface area contributed by atoms with Gasteiger partial charge in [-0.25, -0.2) is 4.39 Å². The first-order chi connectivity index (χ1) is 7.61. The van der Waals surface area contributed by atoms with Crippen molar-refractivity contribution in [1.82, 2.24) is 5.32 Å². The maximum Gasteiger partial charge on any atom is 0.165 e. The predicted molar refractivity (Wildman–Crippen MR) is 61.1 cm³/mol. The Bertz CT molecular complexity index is 327. The average molecular weight is 227 g/mol. The summed E-state index contributed by atoms with van der Waals surface area (Å²) >= 11 is 0. The van der Waals surface area contributed by atoms with Crippen LogP contribution in [0.25, 0.3) is 0 Å². The Kier molecular flexibility index (Phi) is 4.71. The van der Waals surface area contributed by atoms with Gasteiger partial charge in [0.2, 0.25) is 0 Å². The third kappa shape index (κ3) is 3.47. The van der Waals surface area contributed by atoms with Gasteiger partial charge in [0.15, 0.2) is 11.6 Å². The number of aliphatic hydroxyl groups is 1.